The lowest BCUT2D eigenvalue weighted by Gasteiger charge is -2.38. The van der Waals surface area contributed by atoms with E-state index in [1.165, 1.54) is 0 Å². The molecule has 7 nitrogen and oxygen atoms in total. The molecule has 4 rings (SSSR count). The first-order valence-electron chi connectivity index (χ1n) is 12.4. The Kier molecular flexibility index (Phi) is 8.71. The molecule has 36 heavy (non-hydrogen) atoms. The molecular formula is C29H33N3O4. The largest absolute Gasteiger partial charge is 0.478 e. The van der Waals surface area contributed by atoms with Gasteiger partial charge in [0.05, 0.1) is 12.1 Å². The fourth-order valence-corrected chi connectivity index (χ4v) is 4.56. The van der Waals surface area contributed by atoms with Crippen molar-refractivity contribution < 1.29 is 19.4 Å². The number of benzene rings is 3. The van der Waals surface area contributed by atoms with Crippen molar-refractivity contribution in [2.24, 2.45) is 0 Å². The summed E-state index contributed by atoms with van der Waals surface area (Å²) in [7, 11) is 0. The van der Waals surface area contributed by atoms with Gasteiger partial charge < -0.3 is 15.2 Å². The SMILES string of the molecule is CCN(Cc1ccc(C(=O)O)cc1)C1CCN(CC(=O)Nc2ccc(Oc3ccccc3)cc2)CC1. The predicted molar refractivity (Wildman–Crippen MR) is 141 cm³/mol. The number of carboxylic acid groups (broad SMARTS) is 1. The Bertz CT molecular complexity index is 1130. The van der Waals surface area contributed by atoms with Gasteiger partial charge in [0.15, 0.2) is 0 Å². The van der Waals surface area contributed by atoms with E-state index in [-0.39, 0.29) is 5.91 Å². The number of para-hydroxylation sites is 1. The van der Waals surface area contributed by atoms with Gasteiger partial charge >= 0.3 is 5.97 Å². The lowest BCUT2D eigenvalue weighted by Crippen LogP contribution is -2.46. The van der Waals surface area contributed by atoms with Crippen LogP contribution in [0.5, 0.6) is 11.5 Å². The number of piperidine rings is 1. The summed E-state index contributed by atoms with van der Waals surface area (Å²) < 4.78 is 5.80. The first-order chi connectivity index (χ1) is 17.5. The van der Waals surface area contributed by atoms with E-state index in [2.05, 4.69) is 22.0 Å². The van der Waals surface area contributed by atoms with Crippen LogP contribution in [0.1, 0.15) is 35.7 Å². The van der Waals surface area contributed by atoms with E-state index in [0.717, 1.165) is 61.8 Å². The van der Waals surface area contributed by atoms with Gasteiger partial charge in [-0.2, -0.15) is 0 Å². The number of anilines is 1. The van der Waals surface area contributed by atoms with Gasteiger partial charge in [-0.1, -0.05) is 37.3 Å². The quantitative estimate of drug-likeness (QED) is 0.414. The molecule has 0 saturated carbocycles. The molecule has 188 valence electrons. The van der Waals surface area contributed by atoms with Crippen molar-refractivity contribution in [1.29, 1.82) is 0 Å². The van der Waals surface area contributed by atoms with E-state index in [1.807, 2.05) is 66.7 Å². The molecule has 0 atom stereocenters. The normalized spacial score (nSPS) is 14.5. The minimum atomic E-state index is -0.903. The van der Waals surface area contributed by atoms with Crippen LogP contribution in [0.4, 0.5) is 5.69 Å². The molecule has 0 bridgehead atoms. The Hall–Kier alpha value is -3.68. The second-order valence-corrected chi connectivity index (χ2v) is 9.06. The van der Waals surface area contributed by atoms with Gasteiger partial charge in [0.1, 0.15) is 11.5 Å². The maximum atomic E-state index is 12.6. The molecule has 7 heteroatoms. The number of hydrogen-bond acceptors (Lipinski definition) is 5. The summed E-state index contributed by atoms with van der Waals surface area (Å²) in [6.45, 7) is 5.99. The van der Waals surface area contributed by atoms with Crippen molar-refractivity contribution in [2.45, 2.75) is 32.4 Å². The Morgan fingerprint density at radius 2 is 1.58 bits per heavy atom. The Balaban J connectivity index is 1.21. The molecule has 0 radical (unpaired) electrons. The number of carboxylic acids is 1. The fourth-order valence-electron chi connectivity index (χ4n) is 4.56. The van der Waals surface area contributed by atoms with Crippen LogP contribution in [-0.2, 0) is 11.3 Å². The first kappa shape index (κ1) is 25.4. The third kappa shape index (κ3) is 7.16. The molecule has 1 fully saturated rings. The second kappa shape index (κ2) is 12.3. The molecule has 0 aromatic heterocycles. The third-order valence-corrected chi connectivity index (χ3v) is 6.55. The molecule has 1 heterocycles. The van der Waals surface area contributed by atoms with Crippen LogP contribution in [0.15, 0.2) is 78.9 Å². The number of ether oxygens (including phenoxy) is 1. The zero-order valence-corrected chi connectivity index (χ0v) is 20.6. The lowest BCUT2D eigenvalue weighted by molar-refractivity contribution is -0.117. The predicted octanol–water partition coefficient (Wildman–Crippen LogP) is 5.10. The monoisotopic (exact) mass is 487 g/mol. The molecular weight excluding hydrogens is 454 g/mol. The Labute approximate surface area is 212 Å². The van der Waals surface area contributed by atoms with Crippen LogP contribution >= 0.6 is 0 Å². The van der Waals surface area contributed by atoms with Crippen molar-refractivity contribution >= 4 is 17.6 Å². The van der Waals surface area contributed by atoms with Gasteiger partial charge in [0, 0.05) is 31.4 Å². The smallest absolute Gasteiger partial charge is 0.335 e. The summed E-state index contributed by atoms with van der Waals surface area (Å²) in [6.07, 6.45) is 2.00. The highest BCUT2D eigenvalue weighted by atomic mass is 16.5. The fraction of sp³-hybridized carbons (Fsp3) is 0.310. The van der Waals surface area contributed by atoms with Crippen molar-refractivity contribution in [2.75, 3.05) is 31.5 Å². The van der Waals surface area contributed by atoms with Gasteiger partial charge in [-0.05, 0) is 73.5 Å². The number of nitrogens with zero attached hydrogens (tertiary/aromatic N) is 2. The van der Waals surface area contributed by atoms with Crippen LogP contribution in [0.25, 0.3) is 0 Å². The summed E-state index contributed by atoms with van der Waals surface area (Å²) in [6, 6.07) is 24.6. The van der Waals surface area contributed by atoms with Crippen LogP contribution in [-0.4, -0.2) is 59.0 Å². The second-order valence-electron chi connectivity index (χ2n) is 9.06. The molecule has 0 unspecified atom stereocenters. The molecule has 3 aromatic carbocycles. The van der Waals surface area contributed by atoms with Gasteiger partial charge in [-0.25, -0.2) is 4.79 Å². The molecule has 2 N–H and O–H groups in total. The maximum absolute atomic E-state index is 12.6. The highest BCUT2D eigenvalue weighted by Crippen LogP contribution is 2.23. The number of hydrogen-bond donors (Lipinski definition) is 2. The lowest BCUT2D eigenvalue weighted by atomic mass is 10.0. The average Bonchev–Trinajstić information content (AvgIpc) is 2.90. The van der Waals surface area contributed by atoms with E-state index < -0.39 is 5.97 Å². The highest BCUT2D eigenvalue weighted by Gasteiger charge is 2.25. The van der Waals surface area contributed by atoms with Crippen molar-refractivity contribution in [3.8, 4) is 11.5 Å². The summed E-state index contributed by atoms with van der Waals surface area (Å²) in [5.41, 5.74) is 2.18. The van der Waals surface area contributed by atoms with Crippen LogP contribution < -0.4 is 10.1 Å². The van der Waals surface area contributed by atoms with Gasteiger partial charge in [0.2, 0.25) is 5.91 Å². The van der Waals surface area contributed by atoms with Crippen LogP contribution in [0, 0.1) is 0 Å². The van der Waals surface area contributed by atoms with Gasteiger partial charge in [0.25, 0.3) is 0 Å². The molecule has 0 spiro atoms. The minimum Gasteiger partial charge on any atom is -0.478 e. The first-order valence-corrected chi connectivity index (χ1v) is 12.4. The number of nitrogens with one attached hydrogen (secondary N) is 1. The molecule has 1 aliphatic rings. The summed E-state index contributed by atoms with van der Waals surface area (Å²) in [5, 5.41) is 12.1. The van der Waals surface area contributed by atoms with Crippen molar-refractivity contribution in [1.82, 2.24) is 9.80 Å². The van der Waals surface area contributed by atoms with Gasteiger partial charge in [-0.3, -0.25) is 14.6 Å². The third-order valence-electron chi connectivity index (χ3n) is 6.55. The number of aromatic carboxylic acids is 1. The Morgan fingerprint density at radius 3 is 2.19 bits per heavy atom. The number of rotatable bonds is 10. The summed E-state index contributed by atoms with van der Waals surface area (Å²) in [4.78, 5) is 28.3. The van der Waals surface area contributed by atoms with E-state index in [1.54, 1.807) is 12.1 Å². The van der Waals surface area contributed by atoms with E-state index in [4.69, 9.17) is 9.84 Å². The summed E-state index contributed by atoms with van der Waals surface area (Å²) >= 11 is 0. The van der Waals surface area contributed by atoms with E-state index >= 15 is 0 Å². The van der Waals surface area contributed by atoms with Crippen LogP contribution in [0.3, 0.4) is 0 Å². The van der Waals surface area contributed by atoms with Crippen LogP contribution in [0.2, 0.25) is 0 Å². The van der Waals surface area contributed by atoms with E-state index in [0.29, 0.717) is 18.2 Å². The minimum absolute atomic E-state index is 0.0176. The number of amides is 1. The standard InChI is InChI=1S/C29H33N3O4/c1-2-32(20-22-8-10-23(11-9-22)29(34)35)25-16-18-31(19-17-25)21-28(33)30-24-12-14-27(15-13-24)36-26-6-4-3-5-7-26/h3-15,25H,2,16-21H2,1H3,(H,30,33)(H,34,35). The topological polar surface area (TPSA) is 82.1 Å². The van der Waals surface area contributed by atoms with Crippen molar-refractivity contribution in [3.05, 3.63) is 90.0 Å². The van der Waals surface area contributed by atoms with E-state index in [9.17, 15) is 9.59 Å². The molecule has 0 aliphatic carbocycles. The number of carbonyl (C=O) groups is 2. The summed E-state index contributed by atoms with van der Waals surface area (Å²) in [5.74, 6) is 0.574. The van der Waals surface area contributed by atoms with Gasteiger partial charge in [-0.15, -0.1) is 0 Å². The number of carbonyl (C=O) groups excluding carboxylic acids is 1. The zero-order valence-electron chi connectivity index (χ0n) is 20.6. The average molecular weight is 488 g/mol. The molecule has 1 saturated heterocycles. The number of likely N-dealkylation sites (tertiary alicyclic amines) is 1. The molecule has 1 aliphatic heterocycles. The van der Waals surface area contributed by atoms with Crippen molar-refractivity contribution in [3.63, 3.8) is 0 Å². The highest BCUT2D eigenvalue weighted by molar-refractivity contribution is 5.92. The maximum Gasteiger partial charge on any atom is 0.335 e. The zero-order chi connectivity index (χ0) is 25.3. The molecule has 3 aromatic rings. The Morgan fingerprint density at radius 1 is 0.944 bits per heavy atom. The molecule has 1 amide bonds.